The molecule has 0 aliphatic carbocycles. The van der Waals surface area contributed by atoms with E-state index in [-0.39, 0.29) is 5.91 Å². The molecule has 1 amide bonds. The van der Waals surface area contributed by atoms with E-state index in [1.165, 1.54) is 27.8 Å². The second-order valence-electron chi connectivity index (χ2n) is 6.11. The minimum Gasteiger partial charge on any atom is -0.289 e. The van der Waals surface area contributed by atoms with Gasteiger partial charge in [-0.3, -0.25) is 10.0 Å². The lowest BCUT2D eigenvalue weighted by atomic mass is 9.99. The number of amides is 1. The van der Waals surface area contributed by atoms with Gasteiger partial charge in [0, 0.05) is 4.88 Å². The van der Waals surface area contributed by atoms with Crippen LogP contribution < -0.4 is 5.48 Å². The van der Waals surface area contributed by atoms with Gasteiger partial charge in [-0.25, -0.2) is 5.48 Å². The van der Waals surface area contributed by atoms with E-state index in [2.05, 4.69) is 41.8 Å². The van der Waals surface area contributed by atoms with Crippen molar-refractivity contribution in [2.24, 2.45) is 0 Å². The number of hydrogen-bond acceptors (Lipinski definition) is 4. The zero-order chi connectivity index (χ0) is 17.4. The Morgan fingerprint density at radius 1 is 1.21 bits per heavy atom. The van der Waals surface area contributed by atoms with Crippen LogP contribution in [0.15, 0.2) is 41.8 Å². The molecule has 2 aromatic rings. The van der Waals surface area contributed by atoms with Gasteiger partial charge in [-0.1, -0.05) is 43.2 Å². The van der Waals surface area contributed by atoms with Gasteiger partial charge in [-0.05, 0) is 55.0 Å². The molecule has 0 fully saturated rings. The molecule has 0 aliphatic heterocycles. The molecule has 0 radical (unpaired) electrons. The zero-order valence-electron chi connectivity index (χ0n) is 14.2. The SMILES string of the molecule is CSC(C)(CCCCCc1ccc(-c2cccs2)cc1)C(=O)NO. The Hall–Kier alpha value is -1.30. The van der Waals surface area contributed by atoms with Crippen molar-refractivity contribution in [3.05, 3.63) is 47.3 Å². The van der Waals surface area contributed by atoms with E-state index in [1.54, 1.807) is 16.8 Å². The predicted octanol–water partition coefficient (Wildman–Crippen LogP) is 5.15. The second-order valence-corrected chi connectivity index (χ2v) is 8.37. The molecule has 1 aromatic carbocycles. The van der Waals surface area contributed by atoms with Crippen molar-refractivity contribution in [2.75, 3.05) is 6.26 Å². The molecule has 0 saturated heterocycles. The molecule has 5 heteroatoms. The van der Waals surface area contributed by atoms with Crippen LogP contribution in [0.25, 0.3) is 10.4 Å². The van der Waals surface area contributed by atoms with E-state index in [4.69, 9.17) is 5.21 Å². The molecular weight excluding hydrogens is 338 g/mol. The number of carbonyl (C=O) groups excluding carboxylic acids is 1. The fourth-order valence-corrected chi connectivity index (χ4v) is 3.99. The number of carbonyl (C=O) groups is 1. The molecule has 1 heterocycles. The summed E-state index contributed by atoms with van der Waals surface area (Å²) in [6.45, 7) is 1.88. The fraction of sp³-hybridized carbons (Fsp3) is 0.421. The van der Waals surface area contributed by atoms with E-state index in [0.717, 1.165) is 32.1 Å². The number of hydrogen-bond donors (Lipinski definition) is 2. The molecule has 2 rings (SSSR count). The molecule has 0 aliphatic rings. The third-order valence-corrected chi connectivity index (χ3v) is 6.62. The number of nitrogens with one attached hydrogen (secondary N) is 1. The molecule has 3 nitrogen and oxygen atoms in total. The Morgan fingerprint density at radius 2 is 1.96 bits per heavy atom. The second kappa shape index (κ2) is 9.25. The van der Waals surface area contributed by atoms with Crippen LogP contribution in [0.2, 0.25) is 0 Å². The highest BCUT2D eigenvalue weighted by Gasteiger charge is 2.31. The van der Waals surface area contributed by atoms with Crippen molar-refractivity contribution in [3.63, 3.8) is 0 Å². The van der Waals surface area contributed by atoms with Crippen molar-refractivity contribution < 1.29 is 10.0 Å². The van der Waals surface area contributed by atoms with Crippen molar-refractivity contribution in [2.45, 2.75) is 43.8 Å². The van der Waals surface area contributed by atoms with Crippen LogP contribution in [-0.2, 0) is 11.2 Å². The maximum absolute atomic E-state index is 11.7. The Labute approximate surface area is 152 Å². The lowest BCUT2D eigenvalue weighted by Gasteiger charge is -2.24. The summed E-state index contributed by atoms with van der Waals surface area (Å²) in [5, 5.41) is 10.9. The monoisotopic (exact) mass is 363 g/mol. The Kier molecular flexibility index (Phi) is 7.34. The molecule has 0 spiro atoms. The van der Waals surface area contributed by atoms with Gasteiger partial charge in [0.2, 0.25) is 0 Å². The molecule has 1 atom stereocenters. The van der Waals surface area contributed by atoms with Gasteiger partial charge in [0.1, 0.15) is 0 Å². The molecule has 0 saturated carbocycles. The molecule has 24 heavy (non-hydrogen) atoms. The van der Waals surface area contributed by atoms with Crippen LogP contribution in [0.4, 0.5) is 0 Å². The first-order chi connectivity index (χ1) is 11.6. The molecule has 0 bridgehead atoms. The molecule has 1 unspecified atom stereocenters. The number of unbranched alkanes of at least 4 members (excludes halogenated alkanes) is 2. The van der Waals surface area contributed by atoms with Crippen LogP contribution in [0.1, 0.15) is 38.2 Å². The normalized spacial score (nSPS) is 13.5. The Balaban J connectivity index is 1.73. The molecule has 2 N–H and O–H groups in total. The summed E-state index contributed by atoms with van der Waals surface area (Å²) in [7, 11) is 0. The van der Waals surface area contributed by atoms with E-state index < -0.39 is 4.75 Å². The lowest BCUT2D eigenvalue weighted by Crippen LogP contribution is -2.40. The average molecular weight is 364 g/mol. The summed E-state index contributed by atoms with van der Waals surface area (Å²) >= 11 is 3.25. The number of benzene rings is 1. The largest absolute Gasteiger partial charge is 0.289 e. The van der Waals surface area contributed by atoms with E-state index in [1.807, 2.05) is 13.2 Å². The van der Waals surface area contributed by atoms with Crippen molar-refractivity contribution in [3.8, 4) is 10.4 Å². The van der Waals surface area contributed by atoms with Crippen LogP contribution >= 0.6 is 23.1 Å². The Morgan fingerprint density at radius 3 is 2.54 bits per heavy atom. The average Bonchev–Trinajstić information content (AvgIpc) is 3.15. The topological polar surface area (TPSA) is 49.3 Å². The quantitative estimate of drug-likeness (QED) is 0.368. The maximum atomic E-state index is 11.7. The van der Waals surface area contributed by atoms with Gasteiger partial charge in [0.15, 0.2) is 0 Å². The predicted molar refractivity (Wildman–Crippen MR) is 104 cm³/mol. The van der Waals surface area contributed by atoms with E-state index in [9.17, 15) is 4.79 Å². The van der Waals surface area contributed by atoms with Gasteiger partial charge in [-0.2, -0.15) is 0 Å². The van der Waals surface area contributed by atoms with Crippen molar-refractivity contribution in [1.29, 1.82) is 0 Å². The first-order valence-electron chi connectivity index (χ1n) is 8.21. The van der Waals surface area contributed by atoms with Gasteiger partial charge in [0.05, 0.1) is 4.75 Å². The third-order valence-electron chi connectivity index (χ3n) is 4.41. The number of hydroxylamine groups is 1. The van der Waals surface area contributed by atoms with E-state index >= 15 is 0 Å². The van der Waals surface area contributed by atoms with Gasteiger partial charge in [0.25, 0.3) is 5.91 Å². The number of thioether (sulfide) groups is 1. The van der Waals surface area contributed by atoms with Gasteiger partial charge >= 0.3 is 0 Å². The zero-order valence-corrected chi connectivity index (χ0v) is 15.9. The molecule has 130 valence electrons. The summed E-state index contributed by atoms with van der Waals surface area (Å²) in [6.07, 6.45) is 6.93. The standard InChI is InChI=1S/C19H25NO2S2/c1-19(23-2,18(21)20-22)13-5-3-4-7-15-9-11-16(12-10-15)17-8-6-14-24-17/h6,8-12,14,22H,3-5,7,13H2,1-2H3,(H,20,21). The number of rotatable bonds is 9. The Bertz CT molecular complexity index is 625. The summed E-state index contributed by atoms with van der Waals surface area (Å²) in [6, 6.07) is 13.0. The maximum Gasteiger partial charge on any atom is 0.259 e. The number of thiophene rings is 1. The van der Waals surface area contributed by atoms with Crippen molar-refractivity contribution in [1.82, 2.24) is 5.48 Å². The van der Waals surface area contributed by atoms with Crippen molar-refractivity contribution >= 4 is 29.0 Å². The minimum absolute atomic E-state index is 0.306. The lowest BCUT2D eigenvalue weighted by molar-refractivity contribution is -0.131. The number of aryl methyl sites for hydroxylation is 1. The summed E-state index contributed by atoms with van der Waals surface area (Å²) in [4.78, 5) is 13.0. The third kappa shape index (κ3) is 5.10. The van der Waals surface area contributed by atoms with Gasteiger partial charge < -0.3 is 0 Å². The fourth-order valence-electron chi connectivity index (χ4n) is 2.67. The van der Waals surface area contributed by atoms with Gasteiger partial charge in [-0.15, -0.1) is 23.1 Å². The first-order valence-corrected chi connectivity index (χ1v) is 10.3. The highest BCUT2D eigenvalue weighted by Crippen LogP contribution is 2.29. The smallest absolute Gasteiger partial charge is 0.259 e. The highest BCUT2D eigenvalue weighted by molar-refractivity contribution is 8.00. The van der Waals surface area contributed by atoms with Crippen LogP contribution in [0.5, 0.6) is 0 Å². The van der Waals surface area contributed by atoms with E-state index in [0.29, 0.717) is 0 Å². The van der Waals surface area contributed by atoms with Crippen LogP contribution in [-0.4, -0.2) is 22.1 Å². The minimum atomic E-state index is -0.545. The molecule has 1 aromatic heterocycles. The summed E-state index contributed by atoms with van der Waals surface area (Å²) in [5.74, 6) is -0.306. The molecular formula is C19H25NO2S2. The summed E-state index contributed by atoms with van der Waals surface area (Å²) < 4.78 is -0.545. The van der Waals surface area contributed by atoms with Crippen LogP contribution in [0.3, 0.4) is 0 Å². The van der Waals surface area contributed by atoms with Crippen LogP contribution in [0, 0.1) is 0 Å². The highest BCUT2D eigenvalue weighted by atomic mass is 32.2. The first kappa shape index (κ1) is 19.0. The summed E-state index contributed by atoms with van der Waals surface area (Å²) in [5.41, 5.74) is 4.42.